The zero-order valence-corrected chi connectivity index (χ0v) is 13.4. The lowest BCUT2D eigenvalue weighted by molar-refractivity contribution is 0.0496. The lowest BCUT2D eigenvalue weighted by Gasteiger charge is -2.40. The Balaban J connectivity index is 2.29. The summed E-state index contributed by atoms with van der Waals surface area (Å²) in [5.41, 5.74) is 0.0839. The number of hydrogen-bond acceptors (Lipinski definition) is 4. The van der Waals surface area contributed by atoms with Gasteiger partial charge in [-0.05, 0) is 20.5 Å². The molecule has 0 aliphatic carbocycles. The average molecular weight is 271 g/mol. The normalized spacial score (nSPS) is 21.8. The summed E-state index contributed by atoms with van der Waals surface area (Å²) in [5, 5.41) is 9.60. The maximum absolute atomic E-state index is 9.60. The fourth-order valence-electron chi connectivity index (χ4n) is 2.86. The molecule has 4 heteroatoms. The fourth-order valence-corrected chi connectivity index (χ4v) is 2.86. The third kappa shape index (κ3) is 6.21. The van der Waals surface area contributed by atoms with Gasteiger partial charge in [0, 0.05) is 57.8 Å². The third-order valence-corrected chi connectivity index (χ3v) is 4.17. The molecule has 0 saturated carbocycles. The van der Waals surface area contributed by atoms with Gasteiger partial charge >= 0.3 is 0 Å². The van der Waals surface area contributed by atoms with Gasteiger partial charge in [0.15, 0.2) is 0 Å². The molecule has 1 atom stereocenters. The molecule has 0 spiro atoms. The van der Waals surface area contributed by atoms with Gasteiger partial charge in [0.05, 0.1) is 0 Å². The van der Waals surface area contributed by atoms with E-state index in [1.165, 1.54) is 19.6 Å². The molecule has 1 unspecified atom stereocenters. The minimum absolute atomic E-state index is 0.0839. The second-order valence-electron chi connectivity index (χ2n) is 6.64. The molecule has 1 aliphatic heterocycles. The summed E-state index contributed by atoms with van der Waals surface area (Å²) in [4.78, 5) is 7.32. The summed E-state index contributed by atoms with van der Waals surface area (Å²) >= 11 is 0. The summed E-state index contributed by atoms with van der Waals surface area (Å²) in [6.07, 6.45) is 2.27. The van der Waals surface area contributed by atoms with Crippen LogP contribution in [0, 0.1) is 5.41 Å². The van der Waals surface area contributed by atoms with Crippen LogP contribution in [0.25, 0.3) is 0 Å². The molecule has 1 aliphatic rings. The van der Waals surface area contributed by atoms with E-state index in [1.54, 1.807) is 0 Å². The molecule has 0 aromatic carbocycles. The zero-order valence-electron chi connectivity index (χ0n) is 13.4. The van der Waals surface area contributed by atoms with Crippen LogP contribution in [0.3, 0.4) is 0 Å². The standard InChI is InChI=1S/C15H33N3O/c1-5-6-15(2,14-19)13-18-11-9-17(10-12-18)8-7-16(3)4/h19H,5-14H2,1-4H3. The maximum Gasteiger partial charge on any atom is 0.0497 e. The molecular formula is C15H33N3O. The molecule has 114 valence electrons. The van der Waals surface area contributed by atoms with Gasteiger partial charge in [0.25, 0.3) is 0 Å². The van der Waals surface area contributed by atoms with Crippen molar-refractivity contribution in [3.8, 4) is 0 Å². The van der Waals surface area contributed by atoms with Crippen molar-refractivity contribution in [2.45, 2.75) is 26.7 Å². The summed E-state index contributed by atoms with van der Waals surface area (Å²) in [6.45, 7) is 12.7. The van der Waals surface area contributed by atoms with Gasteiger partial charge in [-0.1, -0.05) is 20.3 Å². The summed E-state index contributed by atoms with van der Waals surface area (Å²) in [7, 11) is 4.27. The predicted octanol–water partition coefficient (Wildman–Crippen LogP) is 0.964. The van der Waals surface area contributed by atoms with E-state index in [4.69, 9.17) is 0 Å². The molecule has 1 heterocycles. The number of nitrogens with zero attached hydrogens (tertiary/aromatic N) is 3. The Kier molecular flexibility index (Phi) is 7.29. The van der Waals surface area contributed by atoms with E-state index in [0.717, 1.165) is 39.0 Å². The highest BCUT2D eigenvalue weighted by atomic mass is 16.3. The predicted molar refractivity (Wildman–Crippen MR) is 81.5 cm³/mol. The van der Waals surface area contributed by atoms with Crippen LogP contribution >= 0.6 is 0 Å². The quantitative estimate of drug-likeness (QED) is 0.712. The molecule has 0 aromatic rings. The van der Waals surface area contributed by atoms with Crippen LogP contribution in [0.1, 0.15) is 26.7 Å². The molecule has 1 saturated heterocycles. The first kappa shape index (κ1) is 16.9. The van der Waals surface area contributed by atoms with Crippen LogP contribution in [0.15, 0.2) is 0 Å². The molecule has 1 fully saturated rings. The van der Waals surface area contributed by atoms with Crippen molar-refractivity contribution in [2.75, 3.05) is 66.5 Å². The average Bonchev–Trinajstić information content (AvgIpc) is 2.38. The number of hydrogen-bond donors (Lipinski definition) is 1. The Morgan fingerprint density at radius 1 is 1.11 bits per heavy atom. The van der Waals surface area contributed by atoms with Crippen LogP contribution in [0.5, 0.6) is 0 Å². The van der Waals surface area contributed by atoms with Crippen molar-refractivity contribution in [1.29, 1.82) is 0 Å². The summed E-state index contributed by atoms with van der Waals surface area (Å²) in [5.74, 6) is 0. The Labute approximate surface area is 119 Å². The summed E-state index contributed by atoms with van der Waals surface area (Å²) in [6, 6.07) is 0. The largest absolute Gasteiger partial charge is 0.396 e. The molecule has 1 rings (SSSR count). The summed E-state index contributed by atoms with van der Waals surface area (Å²) < 4.78 is 0. The van der Waals surface area contributed by atoms with Gasteiger partial charge < -0.3 is 14.9 Å². The van der Waals surface area contributed by atoms with Gasteiger partial charge in [-0.15, -0.1) is 0 Å². The Hall–Kier alpha value is -0.160. The second-order valence-corrected chi connectivity index (χ2v) is 6.64. The monoisotopic (exact) mass is 271 g/mol. The van der Waals surface area contributed by atoms with Crippen molar-refractivity contribution in [3.63, 3.8) is 0 Å². The van der Waals surface area contributed by atoms with Gasteiger partial charge in [-0.2, -0.15) is 0 Å². The van der Waals surface area contributed by atoms with Crippen molar-refractivity contribution in [3.05, 3.63) is 0 Å². The van der Waals surface area contributed by atoms with Crippen LogP contribution in [0.4, 0.5) is 0 Å². The van der Waals surface area contributed by atoms with E-state index in [1.807, 2.05) is 0 Å². The van der Waals surface area contributed by atoms with E-state index in [-0.39, 0.29) is 5.41 Å². The minimum atomic E-state index is 0.0839. The first-order valence-electron chi connectivity index (χ1n) is 7.69. The Morgan fingerprint density at radius 2 is 1.68 bits per heavy atom. The van der Waals surface area contributed by atoms with E-state index >= 15 is 0 Å². The third-order valence-electron chi connectivity index (χ3n) is 4.17. The van der Waals surface area contributed by atoms with E-state index in [0.29, 0.717) is 6.61 Å². The van der Waals surface area contributed by atoms with Crippen molar-refractivity contribution in [1.82, 2.24) is 14.7 Å². The van der Waals surface area contributed by atoms with Crippen molar-refractivity contribution >= 4 is 0 Å². The zero-order chi connectivity index (χ0) is 14.3. The van der Waals surface area contributed by atoms with Crippen LogP contribution < -0.4 is 0 Å². The van der Waals surface area contributed by atoms with Crippen molar-refractivity contribution < 1.29 is 5.11 Å². The highest BCUT2D eigenvalue weighted by Crippen LogP contribution is 2.24. The number of rotatable bonds is 8. The van der Waals surface area contributed by atoms with Crippen LogP contribution in [-0.2, 0) is 0 Å². The second kappa shape index (κ2) is 8.20. The number of aliphatic hydroxyl groups excluding tert-OH is 1. The SMILES string of the molecule is CCCC(C)(CO)CN1CCN(CCN(C)C)CC1. The van der Waals surface area contributed by atoms with E-state index < -0.39 is 0 Å². The molecule has 19 heavy (non-hydrogen) atoms. The lowest BCUT2D eigenvalue weighted by atomic mass is 9.86. The Morgan fingerprint density at radius 3 is 2.16 bits per heavy atom. The Bertz CT molecular complexity index is 240. The molecule has 4 nitrogen and oxygen atoms in total. The topological polar surface area (TPSA) is 30.0 Å². The fraction of sp³-hybridized carbons (Fsp3) is 1.00. The van der Waals surface area contributed by atoms with Gasteiger partial charge in [-0.3, -0.25) is 4.90 Å². The van der Waals surface area contributed by atoms with Gasteiger partial charge in [-0.25, -0.2) is 0 Å². The van der Waals surface area contributed by atoms with Crippen LogP contribution in [-0.4, -0.2) is 86.3 Å². The lowest BCUT2D eigenvalue weighted by Crippen LogP contribution is -2.51. The highest BCUT2D eigenvalue weighted by Gasteiger charge is 2.27. The number of aliphatic hydroxyl groups is 1. The highest BCUT2D eigenvalue weighted by molar-refractivity contribution is 4.81. The smallest absolute Gasteiger partial charge is 0.0497 e. The van der Waals surface area contributed by atoms with E-state index in [9.17, 15) is 5.11 Å². The first-order chi connectivity index (χ1) is 8.99. The first-order valence-corrected chi connectivity index (χ1v) is 7.69. The molecule has 0 amide bonds. The molecule has 0 aromatic heterocycles. The molecule has 0 bridgehead atoms. The van der Waals surface area contributed by atoms with E-state index in [2.05, 4.69) is 42.6 Å². The number of likely N-dealkylation sites (N-methyl/N-ethyl adjacent to an activating group) is 1. The van der Waals surface area contributed by atoms with Crippen LogP contribution in [0.2, 0.25) is 0 Å². The molecule has 0 radical (unpaired) electrons. The van der Waals surface area contributed by atoms with Gasteiger partial charge in [0.1, 0.15) is 0 Å². The minimum Gasteiger partial charge on any atom is -0.396 e. The molecular weight excluding hydrogens is 238 g/mol. The van der Waals surface area contributed by atoms with Gasteiger partial charge in [0.2, 0.25) is 0 Å². The maximum atomic E-state index is 9.60. The van der Waals surface area contributed by atoms with Crippen molar-refractivity contribution in [2.24, 2.45) is 5.41 Å². The number of piperazine rings is 1. The molecule has 1 N–H and O–H groups in total.